The maximum atomic E-state index is 14.6. The molecule has 4 aromatic rings. The minimum Gasteiger partial charge on any atom is -0.460 e. The van der Waals surface area contributed by atoms with Crippen LogP contribution in [0.3, 0.4) is 0 Å². The predicted molar refractivity (Wildman–Crippen MR) is 124 cm³/mol. The number of furan rings is 1. The van der Waals surface area contributed by atoms with Gasteiger partial charge in [0.25, 0.3) is 11.8 Å². The molecule has 2 aromatic carbocycles. The van der Waals surface area contributed by atoms with E-state index in [4.69, 9.17) is 4.42 Å². The number of amides is 1. The van der Waals surface area contributed by atoms with Gasteiger partial charge in [0, 0.05) is 54.4 Å². The molecule has 2 aromatic heterocycles. The Labute approximate surface area is 199 Å². The van der Waals surface area contributed by atoms with Crippen LogP contribution in [0, 0.1) is 11.9 Å². The summed E-state index contributed by atoms with van der Waals surface area (Å²) in [6.07, 6.45) is -0.0232. The Morgan fingerprint density at radius 3 is 2.34 bits per heavy atom. The van der Waals surface area contributed by atoms with E-state index in [1.54, 1.807) is 30.3 Å². The first-order chi connectivity index (χ1) is 16.7. The Hall–Kier alpha value is -3.68. The molecule has 8 heteroatoms. The van der Waals surface area contributed by atoms with Crippen molar-refractivity contribution in [3.63, 3.8) is 0 Å². The molecule has 3 heterocycles. The van der Waals surface area contributed by atoms with Crippen LogP contribution in [0.15, 0.2) is 59.0 Å². The molecule has 4 nitrogen and oxygen atoms in total. The summed E-state index contributed by atoms with van der Waals surface area (Å²) < 4.78 is 60.8. The largest absolute Gasteiger partial charge is 0.460 e. The fourth-order valence-corrected chi connectivity index (χ4v) is 4.39. The molecule has 35 heavy (non-hydrogen) atoms. The van der Waals surface area contributed by atoms with Crippen LogP contribution in [-0.4, -0.2) is 34.8 Å². The van der Waals surface area contributed by atoms with Gasteiger partial charge in [0.05, 0.1) is 0 Å². The maximum Gasteiger partial charge on any atom is 0.253 e. The van der Waals surface area contributed by atoms with E-state index in [9.17, 15) is 22.4 Å². The lowest BCUT2D eigenvalue weighted by Gasteiger charge is -2.31. The van der Waals surface area contributed by atoms with E-state index in [2.05, 4.69) is 4.98 Å². The summed E-state index contributed by atoms with van der Waals surface area (Å²) in [4.78, 5) is 17.5. The molecule has 0 radical (unpaired) electrons. The summed E-state index contributed by atoms with van der Waals surface area (Å²) >= 11 is 0. The van der Waals surface area contributed by atoms with E-state index >= 15 is 0 Å². The highest BCUT2D eigenvalue weighted by atomic mass is 19.3. The third-order valence-corrected chi connectivity index (χ3v) is 6.37. The molecule has 1 aliphatic heterocycles. The fraction of sp³-hybridized carbons (Fsp3) is 0.259. The summed E-state index contributed by atoms with van der Waals surface area (Å²) in [5.41, 5.74) is 2.96. The van der Waals surface area contributed by atoms with Crippen molar-refractivity contribution < 1.29 is 26.8 Å². The second-order valence-electron chi connectivity index (χ2n) is 8.71. The lowest BCUT2D eigenvalue weighted by Crippen LogP contribution is -2.42. The van der Waals surface area contributed by atoms with Crippen molar-refractivity contribution in [2.75, 3.05) is 13.1 Å². The van der Waals surface area contributed by atoms with Gasteiger partial charge in [-0.25, -0.2) is 8.78 Å². The van der Waals surface area contributed by atoms with Gasteiger partial charge in [-0.3, -0.25) is 4.79 Å². The molecule has 0 unspecified atom stereocenters. The lowest BCUT2D eigenvalue weighted by atomic mass is 9.96. The van der Waals surface area contributed by atoms with Crippen molar-refractivity contribution in [1.29, 1.82) is 0 Å². The maximum absolute atomic E-state index is 14.6. The molecule has 5 rings (SSSR count). The van der Waals surface area contributed by atoms with Gasteiger partial charge < -0.3 is 9.32 Å². The summed E-state index contributed by atoms with van der Waals surface area (Å²) in [5.74, 6) is -4.13. The molecule has 0 atom stereocenters. The van der Waals surface area contributed by atoms with Crippen LogP contribution >= 0.6 is 0 Å². The number of hydrogen-bond acceptors (Lipinski definition) is 3. The minimum absolute atomic E-state index is 0.0190. The number of fused-ring (bicyclic) bond motifs is 1. The second-order valence-corrected chi connectivity index (χ2v) is 8.71. The van der Waals surface area contributed by atoms with E-state index in [-0.39, 0.29) is 37.4 Å². The van der Waals surface area contributed by atoms with Gasteiger partial charge >= 0.3 is 0 Å². The monoisotopic (exact) mass is 482 g/mol. The van der Waals surface area contributed by atoms with Gasteiger partial charge in [-0.1, -0.05) is 19.1 Å². The van der Waals surface area contributed by atoms with Crippen molar-refractivity contribution in [3.8, 4) is 22.3 Å². The van der Waals surface area contributed by atoms with Crippen LogP contribution in [0.5, 0.6) is 0 Å². The number of hydrogen-bond donors (Lipinski definition) is 0. The quantitative estimate of drug-likeness (QED) is 0.235. The Morgan fingerprint density at radius 1 is 0.971 bits per heavy atom. The number of piperidine rings is 1. The standard InChI is InChI=1S/C27H22F4N2O2/c1-2-20-14-19-13-18(15-22(24(19)35-20)21-7-8-23(28)32-25(21)29)16-3-5-17(6-4-16)26(34)33-11-9-27(30,31)10-12-33/h3-8,13-15H,2,9-12H2,1H3. The summed E-state index contributed by atoms with van der Waals surface area (Å²) in [6.45, 7) is 1.98. The third kappa shape index (κ3) is 4.52. The topological polar surface area (TPSA) is 46.3 Å². The molecule has 0 bridgehead atoms. The number of halogens is 4. The molecule has 0 aliphatic carbocycles. The number of alkyl halides is 2. The van der Waals surface area contributed by atoms with Gasteiger partial charge in [-0.2, -0.15) is 13.8 Å². The Kier molecular flexibility index (Phi) is 5.83. The highest BCUT2D eigenvalue weighted by molar-refractivity contribution is 5.98. The molecule has 0 N–H and O–H groups in total. The zero-order valence-electron chi connectivity index (χ0n) is 19.0. The molecule has 180 valence electrons. The average molecular weight is 482 g/mol. The van der Waals surface area contributed by atoms with Crippen molar-refractivity contribution in [2.24, 2.45) is 0 Å². The average Bonchev–Trinajstić information content (AvgIpc) is 3.27. The molecular weight excluding hydrogens is 460 g/mol. The van der Waals surface area contributed by atoms with Gasteiger partial charge in [0.15, 0.2) is 0 Å². The minimum atomic E-state index is -2.72. The van der Waals surface area contributed by atoms with Crippen LogP contribution in [0.25, 0.3) is 33.2 Å². The van der Waals surface area contributed by atoms with Gasteiger partial charge in [0.2, 0.25) is 11.9 Å². The Morgan fingerprint density at radius 2 is 1.69 bits per heavy atom. The van der Waals surface area contributed by atoms with E-state index in [1.165, 1.54) is 11.0 Å². The normalized spacial score (nSPS) is 15.5. The van der Waals surface area contributed by atoms with E-state index in [0.717, 1.165) is 28.3 Å². The van der Waals surface area contributed by atoms with Crippen LogP contribution < -0.4 is 0 Å². The highest BCUT2D eigenvalue weighted by Crippen LogP contribution is 2.37. The number of aryl methyl sites for hydroxylation is 1. The Balaban J connectivity index is 1.50. The summed E-state index contributed by atoms with van der Waals surface area (Å²) in [6, 6.07) is 14.8. The number of pyridine rings is 1. The van der Waals surface area contributed by atoms with Crippen LogP contribution in [0.1, 0.15) is 35.9 Å². The highest BCUT2D eigenvalue weighted by Gasteiger charge is 2.35. The first-order valence-corrected chi connectivity index (χ1v) is 11.4. The van der Waals surface area contributed by atoms with Gasteiger partial charge in [-0.05, 0) is 53.6 Å². The van der Waals surface area contributed by atoms with Crippen molar-refractivity contribution >= 4 is 16.9 Å². The number of rotatable bonds is 4. The molecule has 0 saturated carbocycles. The van der Waals surface area contributed by atoms with Crippen molar-refractivity contribution in [1.82, 2.24) is 9.88 Å². The van der Waals surface area contributed by atoms with Crippen LogP contribution in [0.2, 0.25) is 0 Å². The number of likely N-dealkylation sites (tertiary alicyclic amines) is 1. The SMILES string of the molecule is CCc1cc2cc(-c3ccc(C(=O)N4CCC(F)(F)CC4)cc3)cc(-c3ccc(F)nc3F)c2o1. The predicted octanol–water partition coefficient (Wildman–Crippen LogP) is 6.87. The fourth-order valence-electron chi connectivity index (χ4n) is 4.39. The smallest absolute Gasteiger partial charge is 0.253 e. The number of benzene rings is 2. The Bertz CT molecular complexity index is 1400. The lowest BCUT2D eigenvalue weighted by molar-refractivity contribution is -0.0494. The molecule has 1 aliphatic rings. The third-order valence-electron chi connectivity index (χ3n) is 6.37. The number of aromatic nitrogens is 1. The van der Waals surface area contributed by atoms with Crippen LogP contribution in [-0.2, 0) is 6.42 Å². The molecule has 1 amide bonds. The summed E-state index contributed by atoms with van der Waals surface area (Å²) in [7, 11) is 0. The number of carbonyl (C=O) groups excluding carboxylic acids is 1. The number of carbonyl (C=O) groups is 1. The molecule has 1 fully saturated rings. The second kappa shape index (κ2) is 8.83. The van der Waals surface area contributed by atoms with E-state index < -0.39 is 17.8 Å². The van der Waals surface area contributed by atoms with Crippen molar-refractivity contribution in [2.45, 2.75) is 32.1 Å². The number of nitrogens with zero attached hydrogens (tertiary/aromatic N) is 2. The molecule has 0 spiro atoms. The van der Waals surface area contributed by atoms with Gasteiger partial charge in [0.1, 0.15) is 11.3 Å². The molecular formula is C27H22F4N2O2. The van der Waals surface area contributed by atoms with E-state index in [1.807, 2.05) is 19.1 Å². The zero-order chi connectivity index (χ0) is 24.7. The first kappa shape index (κ1) is 23.1. The first-order valence-electron chi connectivity index (χ1n) is 11.4. The summed E-state index contributed by atoms with van der Waals surface area (Å²) in [5, 5.41) is 0.757. The van der Waals surface area contributed by atoms with Crippen molar-refractivity contribution in [3.05, 3.63) is 77.8 Å². The van der Waals surface area contributed by atoms with E-state index in [0.29, 0.717) is 23.1 Å². The zero-order valence-corrected chi connectivity index (χ0v) is 19.0. The van der Waals surface area contributed by atoms with Crippen LogP contribution in [0.4, 0.5) is 17.6 Å². The molecule has 1 saturated heterocycles. The van der Waals surface area contributed by atoms with Gasteiger partial charge in [-0.15, -0.1) is 0 Å².